The van der Waals surface area contributed by atoms with Crippen LogP contribution < -0.4 is 5.32 Å². The first kappa shape index (κ1) is 12.4. The summed E-state index contributed by atoms with van der Waals surface area (Å²) in [4.78, 5) is 0. The molecular weight excluding hydrogens is 198 g/mol. The van der Waals surface area contributed by atoms with Gasteiger partial charge in [-0.2, -0.15) is 0 Å². The first-order chi connectivity index (χ1) is 7.70. The Balaban J connectivity index is 1.94. The summed E-state index contributed by atoms with van der Waals surface area (Å²) in [6.07, 6.45) is 8.63. The summed E-state index contributed by atoms with van der Waals surface area (Å²) >= 11 is 0. The molecule has 2 heteroatoms. The Morgan fingerprint density at radius 2 is 2.00 bits per heavy atom. The van der Waals surface area contributed by atoms with Crippen molar-refractivity contribution in [2.75, 3.05) is 0 Å². The Hall–Kier alpha value is -0.0800. The van der Waals surface area contributed by atoms with Gasteiger partial charge < -0.3 is 10.4 Å². The molecule has 0 bridgehead atoms. The molecule has 1 saturated heterocycles. The summed E-state index contributed by atoms with van der Waals surface area (Å²) in [5, 5.41) is 13.9. The fourth-order valence-electron chi connectivity index (χ4n) is 3.60. The number of nitrogens with one attached hydrogen (secondary N) is 1. The topological polar surface area (TPSA) is 32.3 Å². The third-order valence-corrected chi connectivity index (χ3v) is 4.72. The maximum atomic E-state index is 10.2. The van der Waals surface area contributed by atoms with Gasteiger partial charge in [-0.1, -0.05) is 19.8 Å². The molecule has 0 spiro atoms. The Kier molecular flexibility index (Phi) is 4.26. The van der Waals surface area contributed by atoms with E-state index in [4.69, 9.17) is 0 Å². The zero-order valence-electron chi connectivity index (χ0n) is 10.8. The highest BCUT2D eigenvalue weighted by molar-refractivity contribution is 4.90. The van der Waals surface area contributed by atoms with Crippen LogP contribution in [0.5, 0.6) is 0 Å². The number of aliphatic hydroxyl groups is 1. The van der Waals surface area contributed by atoms with Gasteiger partial charge in [-0.15, -0.1) is 0 Å². The Labute approximate surface area is 99.8 Å². The van der Waals surface area contributed by atoms with Crippen molar-refractivity contribution < 1.29 is 5.11 Å². The van der Waals surface area contributed by atoms with Crippen LogP contribution in [0, 0.1) is 11.8 Å². The Bertz CT molecular complexity index is 219. The van der Waals surface area contributed by atoms with Crippen molar-refractivity contribution >= 4 is 0 Å². The highest BCUT2D eigenvalue weighted by Gasteiger charge is 2.35. The predicted octanol–water partition coefficient (Wildman–Crippen LogP) is 2.70. The van der Waals surface area contributed by atoms with Crippen molar-refractivity contribution in [2.24, 2.45) is 11.8 Å². The highest BCUT2D eigenvalue weighted by atomic mass is 16.3. The molecule has 2 N–H and O–H groups in total. The van der Waals surface area contributed by atoms with E-state index >= 15 is 0 Å². The molecule has 2 rings (SSSR count). The maximum absolute atomic E-state index is 10.2. The minimum absolute atomic E-state index is 0.0504. The fourth-order valence-corrected chi connectivity index (χ4v) is 3.60. The zero-order chi connectivity index (χ0) is 11.5. The third kappa shape index (κ3) is 2.78. The lowest BCUT2D eigenvalue weighted by atomic mass is 9.73. The van der Waals surface area contributed by atoms with E-state index in [2.05, 4.69) is 19.2 Å². The van der Waals surface area contributed by atoms with Gasteiger partial charge in [0.15, 0.2) is 0 Å². The molecule has 2 aliphatic rings. The van der Waals surface area contributed by atoms with E-state index in [1.54, 1.807) is 0 Å². The van der Waals surface area contributed by atoms with Crippen LogP contribution in [0.2, 0.25) is 0 Å². The lowest BCUT2D eigenvalue weighted by Crippen LogP contribution is -2.50. The molecule has 1 aliphatic heterocycles. The van der Waals surface area contributed by atoms with Crippen LogP contribution in [0.1, 0.15) is 58.8 Å². The molecule has 16 heavy (non-hydrogen) atoms. The van der Waals surface area contributed by atoms with Crippen molar-refractivity contribution in [3.05, 3.63) is 0 Å². The second kappa shape index (κ2) is 5.50. The van der Waals surface area contributed by atoms with Crippen molar-refractivity contribution in [3.63, 3.8) is 0 Å². The summed E-state index contributed by atoms with van der Waals surface area (Å²) in [6, 6.07) is 1.22. The van der Waals surface area contributed by atoms with Gasteiger partial charge in [0, 0.05) is 18.0 Å². The highest BCUT2D eigenvalue weighted by Crippen LogP contribution is 2.35. The van der Waals surface area contributed by atoms with Crippen molar-refractivity contribution in [2.45, 2.75) is 77.0 Å². The van der Waals surface area contributed by atoms with Crippen LogP contribution in [0.3, 0.4) is 0 Å². The number of hydrogen-bond acceptors (Lipinski definition) is 2. The quantitative estimate of drug-likeness (QED) is 0.757. The molecule has 0 aromatic carbocycles. The van der Waals surface area contributed by atoms with Gasteiger partial charge in [-0.05, 0) is 44.9 Å². The van der Waals surface area contributed by atoms with Gasteiger partial charge in [-0.25, -0.2) is 0 Å². The molecule has 1 aliphatic carbocycles. The van der Waals surface area contributed by atoms with Gasteiger partial charge in [0.2, 0.25) is 0 Å². The first-order valence-corrected chi connectivity index (χ1v) is 7.14. The van der Waals surface area contributed by atoms with E-state index < -0.39 is 0 Å². The van der Waals surface area contributed by atoms with Gasteiger partial charge in [0.25, 0.3) is 0 Å². The summed E-state index contributed by atoms with van der Waals surface area (Å²) in [5.74, 6) is 1.37. The second-order valence-corrected chi connectivity index (χ2v) is 5.92. The van der Waals surface area contributed by atoms with E-state index in [-0.39, 0.29) is 6.10 Å². The van der Waals surface area contributed by atoms with Crippen LogP contribution in [-0.4, -0.2) is 23.3 Å². The summed E-state index contributed by atoms with van der Waals surface area (Å²) in [6.45, 7) is 4.56. The van der Waals surface area contributed by atoms with Gasteiger partial charge >= 0.3 is 0 Å². The summed E-state index contributed by atoms with van der Waals surface area (Å²) in [7, 11) is 0. The number of hydrogen-bond donors (Lipinski definition) is 2. The molecule has 0 amide bonds. The fraction of sp³-hybridized carbons (Fsp3) is 1.00. The van der Waals surface area contributed by atoms with Crippen molar-refractivity contribution in [1.82, 2.24) is 5.32 Å². The van der Waals surface area contributed by atoms with Gasteiger partial charge in [0.1, 0.15) is 0 Å². The van der Waals surface area contributed by atoms with Crippen LogP contribution in [-0.2, 0) is 0 Å². The van der Waals surface area contributed by atoms with E-state index in [1.165, 1.54) is 38.5 Å². The van der Waals surface area contributed by atoms with E-state index in [1.807, 2.05) is 0 Å². The molecule has 94 valence electrons. The minimum Gasteiger partial charge on any atom is -0.393 e. The molecular formula is C14H27NO. The average Bonchev–Trinajstić information content (AvgIpc) is 2.30. The standard InChI is InChI=1S/C14H27NO/c1-3-11-7-8-14(16)12(9-11)13-6-4-5-10(2)15-13/h10-16H,3-9H2,1-2H3. The third-order valence-electron chi connectivity index (χ3n) is 4.72. The number of rotatable bonds is 2. The zero-order valence-corrected chi connectivity index (χ0v) is 10.8. The molecule has 2 nitrogen and oxygen atoms in total. The molecule has 1 saturated carbocycles. The summed E-state index contributed by atoms with van der Waals surface area (Å²) in [5.41, 5.74) is 0. The summed E-state index contributed by atoms with van der Waals surface area (Å²) < 4.78 is 0. The van der Waals surface area contributed by atoms with E-state index in [9.17, 15) is 5.11 Å². The van der Waals surface area contributed by atoms with Crippen molar-refractivity contribution in [3.8, 4) is 0 Å². The molecule has 0 radical (unpaired) electrons. The lowest BCUT2D eigenvalue weighted by molar-refractivity contribution is 0.0183. The Morgan fingerprint density at radius 1 is 1.19 bits per heavy atom. The minimum atomic E-state index is -0.0504. The van der Waals surface area contributed by atoms with Crippen molar-refractivity contribution in [1.29, 1.82) is 0 Å². The second-order valence-electron chi connectivity index (χ2n) is 5.92. The van der Waals surface area contributed by atoms with E-state index in [0.717, 1.165) is 12.3 Å². The smallest absolute Gasteiger partial charge is 0.0583 e. The van der Waals surface area contributed by atoms with Gasteiger partial charge in [-0.3, -0.25) is 0 Å². The van der Waals surface area contributed by atoms with Crippen LogP contribution in [0.25, 0.3) is 0 Å². The molecule has 1 heterocycles. The molecule has 5 unspecified atom stereocenters. The van der Waals surface area contributed by atoms with E-state index in [0.29, 0.717) is 18.0 Å². The largest absolute Gasteiger partial charge is 0.393 e. The maximum Gasteiger partial charge on any atom is 0.0583 e. The SMILES string of the molecule is CCC1CCC(O)C(C2CCCC(C)N2)C1. The lowest BCUT2D eigenvalue weighted by Gasteiger charge is -2.41. The van der Waals surface area contributed by atoms with Crippen LogP contribution in [0.4, 0.5) is 0 Å². The molecule has 0 aromatic rings. The Morgan fingerprint density at radius 3 is 2.69 bits per heavy atom. The average molecular weight is 225 g/mol. The molecule has 5 atom stereocenters. The predicted molar refractivity (Wildman–Crippen MR) is 67.4 cm³/mol. The normalized spacial score (nSPS) is 45.6. The first-order valence-electron chi connectivity index (χ1n) is 7.14. The molecule has 2 fully saturated rings. The van der Waals surface area contributed by atoms with Crippen LogP contribution in [0.15, 0.2) is 0 Å². The van der Waals surface area contributed by atoms with Gasteiger partial charge in [0.05, 0.1) is 6.10 Å². The number of aliphatic hydroxyl groups excluding tert-OH is 1. The number of piperidine rings is 1. The molecule has 0 aromatic heterocycles. The van der Waals surface area contributed by atoms with Crippen LogP contribution >= 0.6 is 0 Å². The monoisotopic (exact) mass is 225 g/mol.